The first-order valence-corrected chi connectivity index (χ1v) is 6.29. The van der Waals surface area contributed by atoms with Crippen LogP contribution < -0.4 is 4.90 Å². The quantitative estimate of drug-likeness (QED) is 0.732. The Balaban J connectivity index is 2.35. The number of hydrogen-bond donors (Lipinski definition) is 0. The van der Waals surface area contributed by atoms with Crippen LogP contribution in [-0.4, -0.2) is 6.54 Å². The third-order valence-electron chi connectivity index (χ3n) is 2.52. The highest BCUT2D eigenvalue weighted by Crippen LogP contribution is 2.26. The Morgan fingerprint density at radius 3 is 2.12 bits per heavy atom. The van der Waals surface area contributed by atoms with Gasteiger partial charge < -0.3 is 4.90 Å². The second-order valence-electron chi connectivity index (χ2n) is 3.71. The topological polar surface area (TPSA) is 3.24 Å². The van der Waals surface area contributed by atoms with Crippen molar-refractivity contribution in [3.8, 4) is 0 Å². The van der Waals surface area contributed by atoms with Crippen LogP contribution in [0.4, 0.5) is 11.4 Å². The van der Waals surface area contributed by atoms with Crippen molar-refractivity contribution in [3.05, 3.63) is 71.7 Å². The van der Waals surface area contributed by atoms with Crippen molar-refractivity contribution in [1.82, 2.24) is 0 Å². The summed E-state index contributed by atoms with van der Waals surface area (Å²) in [7, 11) is 0. The zero-order valence-electron chi connectivity index (χ0n) is 9.51. The first-order valence-electron chi connectivity index (χ1n) is 5.50. The Morgan fingerprint density at radius 2 is 1.53 bits per heavy atom. The maximum Gasteiger partial charge on any atom is 0.0414 e. The van der Waals surface area contributed by atoms with Crippen molar-refractivity contribution >= 4 is 27.3 Å². The summed E-state index contributed by atoms with van der Waals surface area (Å²) in [5.74, 6) is 0. The predicted octanol–water partition coefficient (Wildman–Crippen LogP) is 4.77. The minimum atomic E-state index is 0.797. The van der Waals surface area contributed by atoms with E-state index in [1.54, 1.807) is 0 Å². The molecule has 0 saturated carbocycles. The van der Waals surface area contributed by atoms with Gasteiger partial charge in [-0.15, -0.1) is 6.58 Å². The highest BCUT2D eigenvalue weighted by atomic mass is 79.9. The van der Waals surface area contributed by atoms with Crippen LogP contribution >= 0.6 is 15.9 Å². The van der Waals surface area contributed by atoms with Gasteiger partial charge in [-0.1, -0.05) is 40.2 Å². The summed E-state index contributed by atoms with van der Waals surface area (Å²) in [6.07, 6.45) is 1.91. The van der Waals surface area contributed by atoms with Crippen molar-refractivity contribution in [3.63, 3.8) is 0 Å². The molecule has 0 atom stereocenters. The van der Waals surface area contributed by atoms with Gasteiger partial charge in [-0.2, -0.15) is 0 Å². The van der Waals surface area contributed by atoms with Gasteiger partial charge in [0.05, 0.1) is 0 Å². The molecule has 0 fully saturated rings. The van der Waals surface area contributed by atoms with Crippen LogP contribution in [0.5, 0.6) is 0 Å². The van der Waals surface area contributed by atoms with Crippen LogP contribution in [0.15, 0.2) is 71.7 Å². The summed E-state index contributed by atoms with van der Waals surface area (Å²) >= 11 is 3.45. The van der Waals surface area contributed by atoms with E-state index in [4.69, 9.17) is 0 Å². The van der Waals surface area contributed by atoms with E-state index in [-0.39, 0.29) is 0 Å². The van der Waals surface area contributed by atoms with Gasteiger partial charge >= 0.3 is 0 Å². The monoisotopic (exact) mass is 287 g/mol. The van der Waals surface area contributed by atoms with E-state index in [0.29, 0.717) is 0 Å². The average Bonchev–Trinajstić information content (AvgIpc) is 2.38. The first kappa shape index (κ1) is 11.9. The molecule has 86 valence electrons. The minimum Gasteiger partial charge on any atom is -0.338 e. The molecule has 0 aromatic heterocycles. The highest BCUT2D eigenvalue weighted by Gasteiger charge is 2.06. The largest absolute Gasteiger partial charge is 0.338 e. The molecule has 1 nitrogen and oxygen atoms in total. The van der Waals surface area contributed by atoms with Gasteiger partial charge in [0.2, 0.25) is 0 Å². The first-order chi connectivity index (χ1) is 8.31. The molecule has 0 spiro atoms. The zero-order chi connectivity index (χ0) is 12.1. The third kappa shape index (κ3) is 2.98. The Hall–Kier alpha value is -1.54. The highest BCUT2D eigenvalue weighted by molar-refractivity contribution is 9.10. The van der Waals surface area contributed by atoms with Gasteiger partial charge in [0, 0.05) is 22.4 Å². The number of rotatable bonds is 4. The SMILES string of the molecule is C=CCN(c1ccccc1)c1ccc(Br)cc1. The zero-order valence-corrected chi connectivity index (χ0v) is 11.1. The average molecular weight is 288 g/mol. The van der Waals surface area contributed by atoms with Crippen molar-refractivity contribution in [2.45, 2.75) is 0 Å². The van der Waals surface area contributed by atoms with E-state index in [9.17, 15) is 0 Å². The van der Waals surface area contributed by atoms with Crippen LogP contribution in [-0.2, 0) is 0 Å². The molecule has 2 aromatic rings. The smallest absolute Gasteiger partial charge is 0.0414 e. The van der Waals surface area contributed by atoms with Gasteiger partial charge in [-0.05, 0) is 36.4 Å². The molecule has 0 aliphatic carbocycles. The summed E-state index contributed by atoms with van der Waals surface area (Å²) in [6.45, 7) is 4.62. The van der Waals surface area contributed by atoms with Crippen LogP contribution in [0.2, 0.25) is 0 Å². The fraction of sp³-hybridized carbons (Fsp3) is 0.0667. The van der Waals surface area contributed by atoms with Gasteiger partial charge in [0.1, 0.15) is 0 Å². The fourth-order valence-corrected chi connectivity index (χ4v) is 1.98. The van der Waals surface area contributed by atoms with Gasteiger partial charge in [-0.25, -0.2) is 0 Å². The molecular weight excluding hydrogens is 274 g/mol. The molecule has 0 amide bonds. The van der Waals surface area contributed by atoms with E-state index in [1.807, 2.05) is 36.4 Å². The second-order valence-corrected chi connectivity index (χ2v) is 4.63. The predicted molar refractivity (Wildman–Crippen MR) is 77.8 cm³/mol. The molecule has 0 N–H and O–H groups in total. The van der Waals surface area contributed by atoms with E-state index in [1.165, 1.54) is 11.4 Å². The van der Waals surface area contributed by atoms with E-state index >= 15 is 0 Å². The van der Waals surface area contributed by atoms with Crippen LogP contribution in [0.25, 0.3) is 0 Å². The molecule has 2 heteroatoms. The van der Waals surface area contributed by atoms with Crippen molar-refractivity contribution < 1.29 is 0 Å². The Kier molecular flexibility index (Phi) is 3.99. The lowest BCUT2D eigenvalue weighted by Crippen LogP contribution is -2.16. The molecule has 2 aromatic carbocycles. The van der Waals surface area contributed by atoms with Crippen molar-refractivity contribution in [2.75, 3.05) is 11.4 Å². The minimum absolute atomic E-state index is 0.797. The summed E-state index contributed by atoms with van der Waals surface area (Å²) in [6, 6.07) is 18.6. The summed E-state index contributed by atoms with van der Waals surface area (Å²) in [5.41, 5.74) is 2.34. The van der Waals surface area contributed by atoms with Crippen molar-refractivity contribution in [2.24, 2.45) is 0 Å². The molecule has 2 rings (SSSR count). The van der Waals surface area contributed by atoms with Gasteiger partial charge in [0.25, 0.3) is 0 Å². The molecular formula is C15H14BrN. The maximum absolute atomic E-state index is 3.82. The molecule has 0 aliphatic heterocycles. The molecule has 0 unspecified atom stereocenters. The van der Waals surface area contributed by atoms with Crippen LogP contribution in [0, 0.1) is 0 Å². The lowest BCUT2D eigenvalue weighted by molar-refractivity contribution is 1.10. The molecule has 17 heavy (non-hydrogen) atoms. The normalized spacial score (nSPS) is 9.94. The number of anilines is 2. The lowest BCUT2D eigenvalue weighted by atomic mass is 10.2. The van der Waals surface area contributed by atoms with Crippen molar-refractivity contribution in [1.29, 1.82) is 0 Å². The maximum atomic E-state index is 3.82. The fourth-order valence-electron chi connectivity index (χ4n) is 1.72. The van der Waals surface area contributed by atoms with E-state index < -0.39 is 0 Å². The molecule has 0 radical (unpaired) electrons. The standard InChI is InChI=1S/C15H14BrN/c1-2-12-17(14-6-4-3-5-7-14)15-10-8-13(16)9-11-15/h2-11H,1,12H2. The number of hydrogen-bond acceptors (Lipinski definition) is 1. The van der Waals surface area contributed by atoms with Gasteiger partial charge in [0.15, 0.2) is 0 Å². The molecule has 0 saturated heterocycles. The summed E-state index contributed by atoms with van der Waals surface area (Å²) < 4.78 is 1.09. The number of nitrogens with zero attached hydrogens (tertiary/aromatic N) is 1. The van der Waals surface area contributed by atoms with Crippen LogP contribution in [0.1, 0.15) is 0 Å². The number of benzene rings is 2. The number of para-hydroxylation sites is 1. The molecule has 0 aliphatic rings. The van der Waals surface area contributed by atoms with E-state index in [0.717, 1.165) is 11.0 Å². The Labute approximate surface area is 111 Å². The molecule has 0 heterocycles. The summed E-state index contributed by atoms with van der Waals surface area (Å²) in [4.78, 5) is 2.22. The third-order valence-corrected chi connectivity index (χ3v) is 3.05. The Morgan fingerprint density at radius 1 is 0.941 bits per heavy atom. The van der Waals surface area contributed by atoms with Gasteiger partial charge in [-0.3, -0.25) is 0 Å². The van der Waals surface area contributed by atoms with Crippen LogP contribution in [0.3, 0.4) is 0 Å². The molecule has 0 bridgehead atoms. The number of halogens is 1. The second kappa shape index (κ2) is 5.69. The summed E-state index contributed by atoms with van der Waals surface area (Å²) in [5, 5.41) is 0. The van der Waals surface area contributed by atoms with E-state index in [2.05, 4.69) is 51.7 Å². The lowest BCUT2D eigenvalue weighted by Gasteiger charge is -2.23. The Bertz CT molecular complexity index is 476.